The van der Waals surface area contributed by atoms with Crippen molar-refractivity contribution in [3.05, 3.63) is 95.1 Å². The van der Waals surface area contributed by atoms with Gasteiger partial charge in [-0.2, -0.15) is 0 Å². The zero-order chi connectivity index (χ0) is 43.3. The molecule has 61 heavy (non-hydrogen) atoms. The minimum atomic E-state index is -4.53. The van der Waals surface area contributed by atoms with Gasteiger partial charge in [0, 0.05) is 24.3 Å². The third kappa shape index (κ3) is 13.1. The van der Waals surface area contributed by atoms with E-state index >= 15 is 8.42 Å². The average Bonchev–Trinajstić information content (AvgIpc) is 3.24. The van der Waals surface area contributed by atoms with Crippen molar-refractivity contribution >= 4 is 45.3 Å². The monoisotopic (exact) mass is 880 g/mol. The minimum absolute atomic E-state index is 0. The van der Waals surface area contributed by atoms with E-state index in [1.807, 2.05) is 0 Å². The van der Waals surface area contributed by atoms with E-state index in [0.29, 0.717) is 45.6 Å². The van der Waals surface area contributed by atoms with Crippen molar-refractivity contribution in [1.82, 2.24) is 0 Å². The van der Waals surface area contributed by atoms with E-state index in [0.717, 1.165) is 0 Å². The molecule has 0 aliphatic heterocycles. The van der Waals surface area contributed by atoms with Crippen molar-refractivity contribution in [2.75, 3.05) is 80.6 Å². The van der Waals surface area contributed by atoms with Crippen LogP contribution in [0.4, 0.5) is 11.4 Å². The number of carbonyl (C=O) groups excluding carboxylic acids is 2. The molecule has 2 unspecified atom stereocenters. The summed E-state index contributed by atoms with van der Waals surface area (Å²) in [6.45, 7) is -1.20. The molecule has 0 aliphatic carbocycles. The van der Waals surface area contributed by atoms with Gasteiger partial charge < -0.3 is 68.3 Å². The van der Waals surface area contributed by atoms with Crippen molar-refractivity contribution < 1.29 is 125 Å². The summed E-state index contributed by atoms with van der Waals surface area (Å²) >= 11 is 0. The number of ether oxygens (including phenoxy) is 8. The van der Waals surface area contributed by atoms with Crippen LogP contribution in [-0.4, -0.2) is 90.3 Å². The van der Waals surface area contributed by atoms with Crippen molar-refractivity contribution in [3.63, 3.8) is 0 Å². The van der Waals surface area contributed by atoms with Gasteiger partial charge in [0.05, 0.1) is 104 Å². The number of methoxy groups -OCH3 is 8. The standard InChI is InChI=1S/C42H48N2O14S.2Na/c1-51-27-19-35(55-5)29(36(20-27)56-6)11-15-39(25-9-13-33(53-3)31(17-25)43-23-41(45)46)59(49,50)40(26-10-14-34(54-4)32(18-26)44-24-42(47)48)16-12-30-37(57-7)21-28(52-2)22-38(30)58-8;;/h9-22,39-40,43-44H,23-24H2,1-8H3,(H,45,46)(H,47,48);;/q;2*+1/p-2/b15-11+,16-12+;;. The van der Waals surface area contributed by atoms with Gasteiger partial charge in [0.25, 0.3) is 0 Å². The van der Waals surface area contributed by atoms with Crippen LogP contribution in [0.15, 0.2) is 72.8 Å². The molecule has 0 amide bonds. The molecule has 316 valence electrons. The van der Waals surface area contributed by atoms with Crippen LogP contribution in [0.3, 0.4) is 0 Å². The Hall–Kier alpha value is -4.75. The van der Waals surface area contributed by atoms with E-state index in [4.69, 9.17) is 37.9 Å². The molecule has 0 bridgehead atoms. The van der Waals surface area contributed by atoms with Crippen molar-refractivity contribution in [2.24, 2.45) is 0 Å². The number of nitrogens with one attached hydrogen (secondary N) is 2. The Balaban J connectivity index is 0.00000641. The van der Waals surface area contributed by atoms with Crippen LogP contribution in [0.5, 0.6) is 46.0 Å². The molecule has 0 aliphatic rings. The summed E-state index contributed by atoms with van der Waals surface area (Å²) in [7, 11) is 6.96. The molecule has 0 fully saturated rings. The zero-order valence-electron chi connectivity index (χ0n) is 35.8. The summed E-state index contributed by atoms with van der Waals surface area (Å²) in [5, 5.41) is 25.4. The molecule has 16 nitrogen and oxygen atoms in total. The third-order valence-corrected chi connectivity index (χ3v) is 11.3. The molecule has 0 heterocycles. The molecule has 0 saturated heterocycles. The number of aliphatic carboxylic acids is 2. The molecule has 4 rings (SSSR count). The molecule has 0 aromatic heterocycles. The number of hydrogen-bond donors (Lipinski definition) is 2. The third-order valence-electron chi connectivity index (χ3n) is 9.04. The van der Waals surface area contributed by atoms with Gasteiger partial charge in [-0.05, 0) is 47.5 Å². The van der Waals surface area contributed by atoms with Gasteiger partial charge in [0.2, 0.25) is 0 Å². The maximum Gasteiger partial charge on any atom is 1.00 e. The van der Waals surface area contributed by atoms with Crippen LogP contribution < -0.4 is 118 Å². The molecule has 2 N–H and O–H groups in total. The van der Waals surface area contributed by atoms with Gasteiger partial charge in [0.15, 0.2) is 9.84 Å². The summed E-state index contributed by atoms with van der Waals surface area (Å²) < 4.78 is 75.4. The second-order valence-corrected chi connectivity index (χ2v) is 14.6. The first-order valence-electron chi connectivity index (χ1n) is 17.7. The van der Waals surface area contributed by atoms with Gasteiger partial charge >= 0.3 is 59.1 Å². The summed E-state index contributed by atoms with van der Waals surface area (Å²) in [6, 6.07) is 15.5. The Labute approximate surface area is 399 Å². The van der Waals surface area contributed by atoms with Crippen LogP contribution in [0.25, 0.3) is 12.2 Å². The summed E-state index contributed by atoms with van der Waals surface area (Å²) in [5.74, 6) is -0.226. The number of anilines is 2. The number of benzene rings is 4. The molecule has 2 atom stereocenters. The summed E-state index contributed by atoms with van der Waals surface area (Å²) in [6.07, 6.45) is 5.96. The topological polar surface area (TPSA) is 212 Å². The normalized spacial score (nSPS) is 11.9. The van der Waals surface area contributed by atoms with Gasteiger partial charge in [-0.3, -0.25) is 0 Å². The number of sulfone groups is 1. The van der Waals surface area contributed by atoms with Gasteiger partial charge in [-0.15, -0.1) is 0 Å². The fraction of sp³-hybridized carbons (Fsp3) is 0.286. The van der Waals surface area contributed by atoms with Gasteiger partial charge in [-0.25, -0.2) is 8.42 Å². The molecule has 4 aromatic rings. The molecule has 0 spiro atoms. The second-order valence-electron chi connectivity index (χ2n) is 12.4. The van der Waals surface area contributed by atoms with Crippen molar-refractivity contribution in [1.29, 1.82) is 0 Å². The van der Waals surface area contributed by atoms with Crippen LogP contribution in [0.2, 0.25) is 0 Å². The fourth-order valence-electron chi connectivity index (χ4n) is 6.16. The molecule has 4 aromatic carbocycles. The quantitative estimate of drug-likeness (QED) is 0.0796. The van der Waals surface area contributed by atoms with E-state index in [1.54, 1.807) is 24.3 Å². The van der Waals surface area contributed by atoms with Gasteiger partial charge in [0.1, 0.15) is 56.5 Å². The van der Waals surface area contributed by atoms with Crippen molar-refractivity contribution in [2.45, 2.75) is 10.5 Å². The van der Waals surface area contributed by atoms with E-state index in [2.05, 4.69) is 10.6 Å². The molecular formula is C42H46N2Na2O14S. The molecule has 19 heteroatoms. The molecule has 0 radical (unpaired) electrons. The zero-order valence-corrected chi connectivity index (χ0v) is 40.6. The van der Waals surface area contributed by atoms with Crippen LogP contribution in [-0.2, 0) is 19.4 Å². The van der Waals surface area contributed by atoms with Crippen LogP contribution >= 0.6 is 0 Å². The number of rotatable bonds is 22. The van der Waals surface area contributed by atoms with E-state index in [-0.39, 0.29) is 93.1 Å². The molecular weight excluding hydrogens is 835 g/mol. The first kappa shape index (κ1) is 52.4. The van der Waals surface area contributed by atoms with Crippen molar-refractivity contribution in [3.8, 4) is 46.0 Å². The minimum Gasteiger partial charge on any atom is -0.548 e. The fourth-order valence-corrected chi connectivity index (χ4v) is 8.12. The maximum atomic E-state index is 15.6. The number of hydrogen-bond acceptors (Lipinski definition) is 16. The first-order chi connectivity index (χ1) is 28.3. The van der Waals surface area contributed by atoms with Gasteiger partial charge in [-0.1, -0.05) is 24.3 Å². The Bertz CT molecular complexity index is 2100. The smallest absolute Gasteiger partial charge is 0.548 e. The number of carbonyl (C=O) groups is 2. The number of carboxylic acid groups (broad SMARTS) is 2. The Kier molecular flexibility index (Phi) is 21.2. The number of carboxylic acids is 2. The predicted octanol–water partition coefficient (Wildman–Crippen LogP) is -2.29. The average molecular weight is 881 g/mol. The van der Waals surface area contributed by atoms with E-state index in [1.165, 1.54) is 118 Å². The largest absolute Gasteiger partial charge is 1.00 e. The summed E-state index contributed by atoms with van der Waals surface area (Å²) in [5.41, 5.74) is 1.55. The first-order valence-corrected chi connectivity index (χ1v) is 19.3. The molecule has 0 saturated carbocycles. The Morgan fingerprint density at radius 3 is 1.10 bits per heavy atom. The second kappa shape index (κ2) is 24.6. The predicted molar refractivity (Wildman–Crippen MR) is 218 cm³/mol. The SMILES string of the molecule is COc1cc(OC)c(/C=C/C(c2ccc(OC)c(NCC(=O)[O-])c2)S(=O)(=O)C(/C=C/c2c(OC)cc(OC)cc2OC)c2ccc(OC)c(NCC(=O)[O-])c2)c(OC)c1.[Na+].[Na+]. The maximum absolute atomic E-state index is 15.6. The van der Waals surface area contributed by atoms with E-state index in [9.17, 15) is 19.8 Å². The Morgan fingerprint density at radius 2 is 0.836 bits per heavy atom. The van der Waals surface area contributed by atoms with Crippen LogP contribution in [0, 0.1) is 0 Å². The Morgan fingerprint density at radius 1 is 0.525 bits per heavy atom. The van der Waals surface area contributed by atoms with E-state index < -0.39 is 45.4 Å². The van der Waals surface area contributed by atoms with Crippen LogP contribution in [0.1, 0.15) is 32.8 Å². The summed E-state index contributed by atoms with van der Waals surface area (Å²) in [4.78, 5) is 22.9.